The minimum Gasteiger partial charge on any atom is -0.305 e. The van der Waals surface area contributed by atoms with E-state index in [0.29, 0.717) is 11.3 Å². The van der Waals surface area contributed by atoms with Crippen LogP contribution >= 0.6 is 11.6 Å². The first-order valence-electron chi connectivity index (χ1n) is 6.01. The van der Waals surface area contributed by atoms with Gasteiger partial charge in [-0.05, 0) is 43.7 Å². The monoisotopic (exact) mass is 275 g/mol. The molecule has 0 fully saturated rings. The Morgan fingerprint density at radius 1 is 1.11 bits per heavy atom. The maximum atomic E-state index is 12.2. The molecule has 4 heteroatoms. The van der Waals surface area contributed by atoms with Gasteiger partial charge in [-0.2, -0.15) is 0 Å². The first-order chi connectivity index (χ1) is 9.04. The normalized spacial score (nSPS) is 10.7. The summed E-state index contributed by atoms with van der Waals surface area (Å²) in [5.74, 6) is 0. The SMILES string of the molecule is CC(C)n1c(-c2ccc(Cl)cc2)ccc(C=O)c1=O. The van der Waals surface area contributed by atoms with E-state index >= 15 is 0 Å². The van der Waals surface area contributed by atoms with Crippen molar-refractivity contribution in [2.24, 2.45) is 0 Å². The highest BCUT2D eigenvalue weighted by Crippen LogP contribution is 2.23. The lowest BCUT2D eigenvalue weighted by molar-refractivity contribution is 0.112. The highest BCUT2D eigenvalue weighted by Gasteiger charge is 2.12. The van der Waals surface area contributed by atoms with Gasteiger partial charge in [-0.15, -0.1) is 0 Å². The standard InChI is InChI=1S/C15H14ClNO2/c1-10(2)17-14(8-5-12(9-18)15(17)19)11-3-6-13(16)7-4-11/h3-10H,1-2H3. The van der Waals surface area contributed by atoms with Crippen LogP contribution in [-0.2, 0) is 0 Å². The van der Waals surface area contributed by atoms with Crippen molar-refractivity contribution in [1.29, 1.82) is 0 Å². The molecule has 0 radical (unpaired) electrons. The topological polar surface area (TPSA) is 39.1 Å². The molecule has 0 saturated carbocycles. The Kier molecular flexibility index (Phi) is 3.86. The van der Waals surface area contributed by atoms with Crippen LogP contribution in [0.15, 0.2) is 41.2 Å². The molecule has 0 aliphatic carbocycles. The van der Waals surface area contributed by atoms with Gasteiger partial charge < -0.3 is 4.57 Å². The van der Waals surface area contributed by atoms with E-state index in [1.807, 2.05) is 26.0 Å². The summed E-state index contributed by atoms with van der Waals surface area (Å²) in [6.45, 7) is 3.82. The zero-order valence-electron chi connectivity index (χ0n) is 10.8. The molecule has 0 saturated heterocycles. The summed E-state index contributed by atoms with van der Waals surface area (Å²) in [6.07, 6.45) is 0.590. The first-order valence-corrected chi connectivity index (χ1v) is 6.39. The van der Waals surface area contributed by atoms with Crippen LogP contribution in [0.4, 0.5) is 0 Å². The molecule has 1 heterocycles. The van der Waals surface area contributed by atoms with Crippen LogP contribution in [0.5, 0.6) is 0 Å². The van der Waals surface area contributed by atoms with Gasteiger partial charge in [-0.1, -0.05) is 23.7 Å². The number of halogens is 1. The summed E-state index contributed by atoms with van der Waals surface area (Å²) in [5, 5.41) is 0.645. The van der Waals surface area contributed by atoms with Crippen LogP contribution in [0.2, 0.25) is 5.02 Å². The van der Waals surface area contributed by atoms with Crippen molar-refractivity contribution in [2.75, 3.05) is 0 Å². The van der Waals surface area contributed by atoms with Crippen molar-refractivity contribution in [3.63, 3.8) is 0 Å². The molecule has 1 aromatic heterocycles. The summed E-state index contributed by atoms with van der Waals surface area (Å²) >= 11 is 5.87. The van der Waals surface area contributed by atoms with E-state index in [1.165, 1.54) is 0 Å². The molecule has 0 N–H and O–H groups in total. The molecule has 0 aliphatic heterocycles. The van der Waals surface area contributed by atoms with Gasteiger partial charge in [0.2, 0.25) is 0 Å². The molecule has 0 bridgehead atoms. The molecule has 0 atom stereocenters. The molecule has 0 aliphatic rings. The minimum absolute atomic E-state index is 0.0296. The summed E-state index contributed by atoms with van der Waals surface area (Å²) < 4.78 is 1.62. The van der Waals surface area contributed by atoms with Crippen LogP contribution in [0.1, 0.15) is 30.2 Å². The Morgan fingerprint density at radius 3 is 2.26 bits per heavy atom. The number of aldehydes is 1. The number of nitrogens with zero attached hydrogens (tertiary/aromatic N) is 1. The summed E-state index contributed by atoms with van der Waals surface area (Å²) in [7, 11) is 0. The quantitative estimate of drug-likeness (QED) is 0.804. The Hall–Kier alpha value is -1.87. The Labute approximate surface area is 116 Å². The smallest absolute Gasteiger partial charge is 0.261 e. The predicted octanol–water partition coefficient (Wildman–Crippen LogP) is 3.56. The highest BCUT2D eigenvalue weighted by molar-refractivity contribution is 6.30. The van der Waals surface area contributed by atoms with Gasteiger partial charge in [0.05, 0.1) is 11.3 Å². The van der Waals surface area contributed by atoms with E-state index in [-0.39, 0.29) is 17.2 Å². The average Bonchev–Trinajstić information content (AvgIpc) is 2.38. The number of hydrogen-bond donors (Lipinski definition) is 0. The maximum Gasteiger partial charge on any atom is 0.261 e. The van der Waals surface area contributed by atoms with Gasteiger partial charge in [0.1, 0.15) is 0 Å². The number of benzene rings is 1. The van der Waals surface area contributed by atoms with E-state index in [9.17, 15) is 9.59 Å². The number of hydrogen-bond acceptors (Lipinski definition) is 2. The molecule has 98 valence electrons. The lowest BCUT2D eigenvalue weighted by Crippen LogP contribution is -2.26. The molecule has 2 rings (SSSR count). The number of pyridine rings is 1. The fourth-order valence-corrected chi connectivity index (χ4v) is 2.15. The lowest BCUT2D eigenvalue weighted by atomic mass is 10.1. The summed E-state index contributed by atoms with van der Waals surface area (Å²) in [6, 6.07) is 10.6. The molecule has 19 heavy (non-hydrogen) atoms. The van der Waals surface area contributed by atoms with E-state index < -0.39 is 0 Å². The number of carbonyl (C=O) groups excluding carboxylic acids is 1. The molecular weight excluding hydrogens is 262 g/mol. The van der Waals surface area contributed by atoms with Crippen molar-refractivity contribution in [1.82, 2.24) is 4.57 Å². The molecule has 0 amide bonds. The van der Waals surface area contributed by atoms with Gasteiger partial charge in [0, 0.05) is 11.1 Å². The van der Waals surface area contributed by atoms with Crippen LogP contribution < -0.4 is 5.56 Å². The van der Waals surface area contributed by atoms with Crippen LogP contribution in [-0.4, -0.2) is 10.9 Å². The third kappa shape index (κ3) is 2.61. The number of aromatic nitrogens is 1. The van der Waals surface area contributed by atoms with E-state index in [1.54, 1.807) is 28.8 Å². The van der Waals surface area contributed by atoms with Gasteiger partial charge in [-0.25, -0.2) is 0 Å². The number of carbonyl (C=O) groups is 1. The van der Waals surface area contributed by atoms with Crippen molar-refractivity contribution in [3.05, 3.63) is 57.3 Å². The second-order valence-corrected chi connectivity index (χ2v) is 5.00. The maximum absolute atomic E-state index is 12.2. The Balaban J connectivity index is 2.70. The fourth-order valence-electron chi connectivity index (χ4n) is 2.03. The Bertz CT molecular complexity index is 657. The van der Waals surface area contributed by atoms with Gasteiger partial charge >= 0.3 is 0 Å². The lowest BCUT2D eigenvalue weighted by Gasteiger charge is -2.17. The van der Waals surface area contributed by atoms with Gasteiger partial charge in [0.25, 0.3) is 5.56 Å². The van der Waals surface area contributed by atoms with E-state index in [0.717, 1.165) is 11.3 Å². The molecule has 1 aromatic carbocycles. The zero-order valence-corrected chi connectivity index (χ0v) is 11.5. The van der Waals surface area contributed by atoms with Crippen LogP contribution in [0.3, 0.4) is 0 Å². The molecular formula is C15H14ClNO2. The van der Waals surface area contributed by atoms with Crippen LogP contribution in [0, 0.1) is 0 Å². The second kappa shape index (κ2) is 5.41. The second-order valence-electron chi connectivity index (χ2n) is 4.57. The fraction of sp³-hybridized carbons (Fsp3) is 0.200. The molecule has 3 nitrogen and oxygen atoms in total. The average molecular weight is 276 g/mol. The van der Waals surface area contributed by atoms with Crippen molar-refractivity contribution in [3.8, 4) is 11.3 Å². The van der Waals surface area contributed by atoms with E-state index in [2.05, 4.69) is 0 Å². The van der Waals surface area contributed by atoms with Gasteiger partial charge in [0.15, 0.2) is 6.29 Å². The molecule has 0 spiro atoms. The first kappa shape index (κ1) is 13.6. The van der Waals surface area contributed by atoms with Crippen molar-refractivity contribution >= 4 is 17.9 Å². The highest BCUT2D eigenvalue weighted by atomic mass is 35.5. The van der Waals surface area contributed by atoms with Crippen LogP contribution in [0.25, 0.3) is 11.3 Å². The summed E-state index contributed by atoms with van der Waals surface area (Å²) in [4.78, 5) is 23.1. The summed E-state index contributed by atoms with van der Waals surface area (Å²) in [5.41, 5.74) is 1.58. The molecule has 2 aromatic rings. The van der Waals surface area contributed by atoms with Crippen molar-refractivity contribution in [2.45, 2.75) is 19.9 Å². The molecule has 0 unspecified atom stereocenters. The largest absolute Gasteiger partial charge is 0.305 e. The third-order valence-corrected chi connectivity index (χ3v) is 3.18. The minimum atomic E-state index is -0.266. The van der Waals surface area contributed by atoms with Crippen molar-refractivity contribution < 1.29 is 4.79 Å². The zero-order chi connectivity index (χ0) is 14.0. The van der Waals surface area contributed by atoms with E-state index in [4.69, 9.17) is 11.6 Å². The van der Waals surface area contributed by atoms with Gasteiger partial charge in [-0.3, -0.25) is 9.59 Å². The predicted molar refractivity (Wildman–Crippen MR) is 76.9 cm³/mol. The number of rotatable bonds is 3. The Morgan fingerprint density at radius 2 is 1.74 bits per heavy atom. The third-order valence-electron chi connectivity index (χ3n) is 2.93.